The lowest BCUT2D eigenvalue weighted by Gasteiger charge is -2.07. The predicted molar refractivity (Wildman–Crippen MR) is 53.9 cm³/mol. The van der Waals surface area contributed by atoms with E-state index in [-0.39, 0.29) is 0 Å². The number of hydrogen-bond acceptors (Lipinski definition) is 4. The molecular formula is C10H18N2O2. The number of ether oxygens (including phenoxy) is 1. The van der Waals surface area contributed by atoms with E-state index in [2.05, 4.69) is 24.3 Å². The summed E-state index contributed by atoms with van der Waals surface area (Å²) in [4.78, 5) is 0. The second-order valence-corrected chi connectivity index (χ2v) is 3.49. The standard InChI is InChI=1S/C10H18N2O2/c1-9(2)11-5-3-7-13-8-10-4-6-12-14-10/h4,6,9,11H,3,5,7-8H2,1-2H3. The fourth-order valence-corrected chi connectivity index (χ4v) is 1.05. The lowest BCUT2D eigenvalue weighted by Crippen LogP contribution is -2.24. The van der Waals surface area contributed by atoms with E-state index in [1.807, 2.05) is 6.07 Å². The van der Waals surface area contributed by atoms with E-state index in [0.29, 0.717) is 12.6 Å². The van der Waals surface area contributed by atoms with Gasteiger partial charge in [-0.1, -0.05) is 19.0 Å². The molecule has 80 valence electrons. The Kier molecular flexibility index (Phi) is 5.25. The minimum Gasteiger partial charge on any atom is -0.373 e. The van der Waals surface area contributed by atoms with Gasteiger partial charge in [-0.2, -0.15) is 0 Å². The van der Waals surface area contributed by atoms with Crippen LogP contribution in [-0.2, 0) is 11.3 Å². The third-order valence-corrected chi connectivity index (χ3v) is 1.75. The highest BCUT2D eigenvalue weighted by Gasteiger charge is 1.96. The van der Waals surface area contributed by atoms with Gasteiger partial charge in [0.05, 0.1) is 6.20 Å². The Morgan fingerprint density at radius 1 is 1.57 bits per heavy atom. The Morgan fingerprint density at radius 3 is 3.07 bits per heavy atom. The molecule has 14 heavy (non-hydrogen) atoms. The highest BCUT2D eigenvalue weighted by molar-refractivity contribution is 4.89. The summed E-state index contributed by atoms with van der Waals surface area (Å²) in [5.74, 6) is 0.779. The topological polar surface area (TPSA) is 47.3 Å². The zero-order chi connectivity index (χ0) is 10.2. The van der Waals surface area contributed by atoms with Gasteiger partial charge in [0.1, 0.15) is 6.61 Å². The summed E-state index contributed by atoms with van der Waals surface area (Å²) in [7, 11) is 0. The third-order valence-electron chi connectivity index (χ3n) is 1.75. The van der Waals surface area contributed by atoms with Crippen LogP contribution in [0.25, 0.3) is 0 Å². The average Bonchev–Trinajstić information content (AvgIpc) is 2.63. The highest BCUT2D eigenvalue weighted by atomic mass is 16.5. The second kappa shape index (κ2) is 6.56. The van der Waals surface area contributed by atoms with Crippen LogP contribution in [0.4, 0.5) is 0 Å². The van der Waals surface area contributed by atoms with Crippen molar-refractivity contribution in [1.29, 1.82) is 0 Å². The molecule has 4 nitrogen and oxygen atoms in total. The molecule has 0 atom stereocenters. The van der Waals surface area contributed by atoms with Crippen LogP contribution >= 0.6 is 0 Å². The van der Waals surface area contributed by atoms with Crippen molar-refractivity contribution < 1.29 is 9.26 Å². The molecule has 0 spiro atoms. The van der Waals surface area contributed by atoms with Gasteiger partial charge < -0.3 is 14.6 Å². The summed E-state index contributed by atoms with van der Waals surface area (Å²) in [6.45, 7) is 6.53. The summed E-state index contributed by atoms with van der Waals surface area (Å²) >= 11 is 0. The molecule has 0 amide bonds. The largest absolute Gasteiger partial charge is 0.373 e. The van der Waals surface area contributed by atoms with Crippen molar-refractivity contribution in [3.63, 3.8) is 0 Å². The summed E-state index contributed by atoms with van der Waals surface area (Å²) in [5, 5.41) is 6.92. The molecule has 0 unspecified atom stereocenters. The maximum absolute atomic E-state index is 5.39. The normalized spacial score (nSPS) is 11.1. The SMILES string of the molecule is CC(C)NCCCOCc1ccno1. The van der Waals surface area contributed by atoms with Gasteiger partial charge in [0.15, 0.2) is 5.76 Å². The molecule has 1 N–H and O–H groups in total. The quantitative estimate of drug-likeness (QED) is 0.676. The molecular weight excluding hydrogens is 180 g/mol. The predicted octanol–water partition coefficient (Wildman–Crippen LogP) is 1.58. The van der Waals surface area contributed by atoms with Crippen LogP contribution in [0.5, 0.6) is 0 Å². The van der Waals surface area contributed by atoms with Crippen LogP contribution in [0.3, 0.4) is 0 Å². The van der Waals surface area contributed by atoms with E-state index < -0.39 is 0 Å². The summed E-state index contributed by atoms with van der Waals surface area (Å²) < 4.78 is 10.3. The molecule has 0 aliphatic heterocycles. The van der Waals surface area contributed by atoms with Crippen LogP contribution in [0.15, 0.2) is 16.8 Å². The lowest BCUT2D eigenvalue weighted by molar-refractivity contribution is 0.0988. The molecule has 1 aromatic rings. The molecule has 0 radical (unpaired) electrons. The van der Waals surface area contributed by atoms with Crippen molar-refractivity contribution in [2.24, 2.45) is 0 Å². The molecule has 0 saturated carbocycles. The van der Waals surface area contributed by atoms with Gasteiger partial charge in [0.25, 0.3) is 0 Å². The van der Waals surface area contributed by atoms with Crippen molar-refractivity contribution in [3.8, 4) is 0 Å². The molecule has 0 aliphatic carbocycles. The fraction of sp³-hybridized carbons (Fsp3) is 0.700. The first kappa shape index (κ1) is 11.2. The van der Waals surface area contributed by atoms with Crippen molar-refractivity contribution in [2.75, 3.05) is 13.2 Å². The van der Waals surface area contributed by atoms with Crippen molar-refractivity contribution in [2.45, 2.75) is 32.9 Å². The van der Waals surface area contributed by atoms with Gasteiger partial charge >= 0.3 is 0 Å². The Bertz CT molecular complexity index is 222. The van der Waals surface area contributed by atoms with E-state index in [1.54, 1.807) is 6.20 Å². The van der Waals surface area contributed by atoms with Gasteiger partial charge in [0, 0.05) is 18.7 Å². The van der Waals surface area contributed by atoms with E-state index in [0.717, 1.165) is 25.3 Å². The number of nitrogens with one attached hydrogen (secondary N) is 1. The number of nitrogens with zero attached hydrogens (tertiary/aromatic N) is 1. The zero-order valence-electron chi connectivity index (χ0n) is 8.82. The van der Waals surface area contributed by atoms with Gasteiger partial charge in [-0.15, -0.1) is 0 Å². The van der Waals surface area contributed by atoms with Gasteiger partial charge in [-0.25, -0.2) is 0 Å². The van der Waals surface area contributed by atoms with Crippen LogP contribution in [0.2, 0.25) is 0 Å². The van der Waals surface area contributed by atoms with Gasteiger partial charge in [-0.3, -0.25) is 0 Å². The van der Waals surface area contributed by atoms with Crippen LogP contribution in [-0.4, -0.2) is 24.4 Å². The van der Waals surface area contributed by atoms with Gasteiger partial charge in [-0.05, 0) is 13.0 Å². The van der Waals surface area contributed by atoms with Crippen LogP contribution in [0.1, 0.15) is 26.0 Å². The molecule has 0 aromatic carbocycles. The van der Waals surface area contributed by atoms with E-state index in [9.17, 15) is 0 Å². The summed E-state index contributed by atoms with van der Waals surface area (Å²) in [6, 6.07) is 2.36. The minimum absolute atomic E-state index is 0.516. The lowest BCUT2D eigenvalue weighted by atomic mass is 10.3. The molecule has 0 aliphatic rings. The minimum atomic E-state index is 0.516. The first-order valence-corrected chi connectivity index (χ1v) is 4.99. The average molecular weight is 198 g/mol. The maximum atomic E-state index is 5.39. The molecule has 1 aromatic heterocycles. The van der Waals surface area contributed by atoms with Crippen LogP contribution in [0, 0.1) is 0 Å². The Balaban J connectivity index is 1.90. The zero-order valence-corrected chi connectivity index (χ0v) is 8.82. The van der Waals surface area contributed by atoms with Crippen molar-refractivity contribution in [1.82, 2.24) is 10.5 Å². The summed E-state index contributed by atoms with van der Waals surface area (Å²) in [6.07, 6.45) is 2.64. The Morgan fingerprint density at radius 2 is 2.43 bits per heavy atom. The molecule has 4 heteroatoms. The van der Waals surface area contributed by atoms with Crippen LogP contribution < -0.4 is 5.32 Å². The maximum Gasteiger partial charge on any atom is 0.162 e. The molecule has 0 fully saturated rings. The number of hydrogen-bond donors (Lipinski definition) is 1. The number of rotatable bonds is 7. The Labute approximate surface area is 84.6 Å². The van der Waals surface area contributed by atoms with Crippen molar-refractivity contribution in [3.05, 3.63) is 18.0 Å². The molecule has 1 heterocycles. The van der Waals surface area contributed by atoms with Gasteiger partial charge in [0.2, 0.25) is 0 Å². The smallest absolute Gasteiger partial charge is 0.162 e. The first-order chi connectivity index (χ1) is 6.79. The van der Waals surface area contributed by atoms with E-state index in [4.69, 9.17) is 9.26 Å². The second-order valence-electron chi connectivity index (χ2n) is 3.49. The first-order valence-electron chi connectivity index (χ1n) is 4.99. The molecule has 1 rings (SSSR count). The molecule has 0 saturated heterocycles. The highest BCUT2D eigenvalue weighted by Crippen LogP contribution is 1.98. The number of aromatic nitrogens is 1. The summed E-state index contributed by atoms with van der Waals surface area (Å²) in [5.41, 5.74) is 0. The fourth-order valence-electron chi connectivity index (χ4n) is 1.05. The third kappa shape index (κ3) is 4.99. The molecule has 0 bridgehead atoms. The Hall–Kier alpha value is -0.870. The van der Waals surface area contributed by atoms with E-state index >= 15 is 0 Å². The van der Waals surface area contributed by atoms with Crippen molar-refractivity contribution >= 4 is 0 Å². The monoisotopic (exact) mass is 198 g/mol. The van der Waals surface area contributed by atoms with E-state index in [1.165, 1.54) is 0 Å².